The summed E-state index contributed by atoms with van der Waals surface area (Å²) in [5.74, 6) is 0.790. The molecule has 1 heterocycles. The summed E-state index contributed by atoms with van der Waals surface area (Å²) in [6.45, 7) is 3.09. The van der Waals surface area contributed by atoms with Gasteiger partial charge in [-0.3, -0.25) is 4.79 Å². The molecular weight excluding hydrogens is 382 g/mol. The first-order valence-electron chi connectivity index (χ1n) is 9.93. The van der Waals surface area contributed by atoms with Crippen LogP contribution in [0.25, 0.3) is 11.1 Å². The number of carbonyl (C=O) groups excluding carboxylic acids is 1. The van der Waals surface area contributed by atoms with Gasteiger partial charge in [-0.15, -0.1) is 11.8 Å². The largest absolute Gasteiger partial charge is 0.381 e. The molecule has 1 fully saturated rings. The highest BCUT2D eigenvalue weighted by molar-refractivity contribution is 7.99. The number of nitrogens with two attached hydrogens (primary N) is 1. The Hall–Kier alpha value is -2.33. The van der Waals surface area contributed by atoms with E-state index in [9.17, 15) is 10.1 Å². The Kier molecular flexibility index (Phi) is 7.32. The molecule has 29 heavy (non-hydrogen) atoms. The van der Waals surface area contributed by atoms with Crippen molar-refractivity contribution in [1.29, 1.82) is 5.26 Å². The van der Waals surface area contributed by atoms with Gasteiger partial charge in [-0.1, -0.05) is 43.3 Å². The third-order valence-electron chi connectivity index (χ3n) is 5.19. The molecule has 3 N–H and O–H groups in total. The molecule has 152 valence electrons. The van der Waals surface area contributed by atoms with Crippen LogP contribution in [0.2, 0.25) is 0 Å². The number of ether oxygens (including phenoxy) is 1. The minimum atomic E-state index is -0.945. The van der Waals surface area contributed by atoms with E-state index in [-0.39, 0.29) is 5.91 Å². The summed E-state index contributed by atoms with van der Waals surface area (Å²) >= 11 is 1.82. The van der Waals surface area contributed by atoms with Crippen molar-refractivity contribution >= 4 is 17.7 Å². The maximum Gasteiger partial charge on any atom is 0.241 e. The number of hydrogen-bond donors (Lipinski definition) is 2. The van der Waals surface area contributed by atoms with Crippen LogP contribution in [0.15, 0.2) is 53.4 Å². The van der Waals surface area contributed by atoms with Crippen molar-refractivity contribution in [3.63, 3.8) is 0 Å². The van der Waals surface area contributed by atoms with E-state index in [1.807, 2.05) is 23.9 Å². The van der Waals surface area contributed by atoms with Gasteiger partial charge in [-0.25, -0.2) is 0 Å². The maximum atomic E-state index is 12.5. The highest BCUT2D eigenvalue weighted by atomic mass is 32.2. The molecule has 5 nitrogen and oxygen atoms in total. The van der Waals surface area contributed by atoms with Gasteiger partial charge in [0.25, 0.3) is 0 Å². The first kappa shape index (κ1) is 21.4. The summed E-state index contributed by atoms with van der Waals surface area (Å²) in [5, 5.41) is 12.3. The standard InChI is InChI=1S/C23H27N3O2S/c1-2-29-21-9-7-19(8-10-21)18-5-3-17(4-6-18)15-20(16-24)26-22(27)23(25)11-13-28-14-12-23/h3-10,20H,2,11-15,25H2,1H3,(H,26,27)/t20-/m0/s1. The molecule has 0 aliphatic carbocycles. The Morgan fingerprint density at radius 3 is 2.31 bits per heavy atom. The first-order valence-corrected chi connectivity index (χ1v) is 10.9. The number of rotatable bonds is 7. The number of carbonyl (C=O) groups is 1. The lowest BCUT2D eigenvalue weighted by molar-refractivity contribution is -0.130. The van der Waals surface area contributed by atoms with Gasteiger partial charge < -0.3 is 15.8 Å². The van der Waals surface area contributed by atoms with Gasteiger partial charge in [-0.05, 0) is 47.4 Å². The van der Waals surface area contributed by atoms with Crippen molar-refractivity contribution in [3.8, 4) is 17.2 Å². The minimum absolute atomic E-state index is 0.269. The van der Waals surface area contributed by atoms with Crippen LogP contribution in [0.3, 0.4) is 0 Å². The van der Waals surface area contributed by atoms with Crippen LogP contribution in [0.4, 0.5) is 0 Å². The Balaban J connectivity index is 1.61. The molecule has 3 rings (SSSR count). The van der Waals surface area contributed by atoms with E-state index < -0.39 is 11.6 Å². The quantitative estimate of drug-likeness (QED) is 0.683. The van der Waals surface area contributed by atoms with Crippen LogP contribution < -0.4 is 11.1 Å². The fourth-order valence-electron chi connectivity index (χ4n) is 3.37. The van der Waals surface area contributed by atoms with Crippen LogP contribution in [0.1, 0.15) is 25.3 Å². The monoisotopic (exact) mass is 409 g/mol. The van der Waals surface area contributed by atoms with Crippen LogP contribution in [0.5, 0.6) is 0 Å². The molecule has 0 unspecified atom stereocenters. The van der Waals surface area contributed by atoms with Crippen molar-refractivity contribution in [1.82, 2.24) is 5.32 Å². The number of nitrogens with zero attached hydrogens (tertiary/aromatic N) is 1. The van der Waals surface area contributed by atoms with Gasteiger partial charge in [0.1, 0.15) is 6.04 Å². The molecular formula is C23H27N3O2S. The summed E-state index contributed by atoms with van der Waals surface area (Å²) in [5.41, 5.74) is 8.55. The third kappa shape index (κ3) is 5.60. The SMILES string of the molecule is CCSc1ccc(-c2ccc(C[C@@H](C#N)NC(=O)C3(N)CCOCC3)cc2)cc1. The molecule has 1 atom stereocenters. The number of hydrogen-bond acceptors (Lipinski definition) is 5. The van der Waals surface area contributed by atoms with E-state index in [1.54, 1.807) is 0 Å². The zero-order valence-corrected chi connectivity index (χ0v) is 17.5. The van der Waals surface area contributed by atoms with Gasteiger partial charge in [0.05, 0.1) is 11.6 Å². The van der Waals surface area contributed by atoms with E-state index in [0.717, 1.165) is 22.4 Å². The van der Waals surface area contributed by atoms with Gasteiger partial charge in [0.15, 0.2) is 0 Å². The van der Waals surface area contributed by atoms with Crippen molar-refractivity contribution in [3.05, 3.63) is 54.1 Å². The second-order valence-corrected chi connectivity index (χ2v) is 8.62. The van der Waals surface area contributed by atoms with Gasteiger partial charge in [0.2, 0.25) is 5.91 Å². The Bertz CT molecular complexity index is 853. The second kappa shape index (κ2) is 9.93. The lowest BCUT2D eigenvalue weighted by Crippen LogP contribution is -2.58. The topological polar surface area (TPSA) is 88.1 Å². The van der Waals surface area contributed by atoms with E-state index >= 15 is 0 Å². The Morgan fingerprint density at radius 1 is 1.17 bits per heavy atom. The lowest BCUT2D eigenvalue weighted by Gasteiger charge is -2.32. The van der Waals surface area contributed by atoms with E-state index in [2.05, 4.69) is 54.7 Å². The van der Waals surface area contributed by atoms with Crippen molar-refractivity contribution in [2.45, 2.75) is 42.7 Å². The molecule has 1 amide bonds. The smallest absolute Gasteiger partial charge is 0.241 e. The van der Waals surface area contributed by atoms with Gasteiger partial charge in [0, 0.05) is 24.5 Å². The normalized spacial score (nSPS) is 16.6. The van der Waals surface area contributed by atoms with Crippen LogP contribution in [0, 0.1) is 11.3 Å². The average molecular weight is 410 g/mol. The fourth-order valence-corrected chi connectivity index (χ4v) is 4.03. The van der Waals surface area contributed by atoms with E-state index in [1.165, 1.54) is 4.90 Å². The fraction of sp³-hybridized carbons (Fsp3) is 0.391. The molecule has 2 aromatic carbocycles. The predicted molar refractivity (Wildman–Crippen MR) is 116 cm³/mol. The number of amides is 1. The Morgan fingerprint density at radius 2 is 1.76 bits per heavy atom. The van der Waals surface area contributed by atoms with Gasteiger partial charge >= 0.3 is 0 Å². The molecule has 1 saturated heterocycles. The zero-order chi connectivity index (χ0) is 20.7. The maximum absolute atomic E-state index is 12.5. The summed E-state index contributed by atoms with van der Waals surface area (Å²) in [6, 6.07) is 18.2. The molecule has 0 aromatic heterocycles. The minimum Gasteiger partial charge on any atom is -0.381 e. The Labute approximate surface area is 176 Å². The number of benzene rings is 2. The van der Waals surface area contributed by atoms with Crippen LogP contribution in [-0.4, -0.2) is 36.5 Å². The third-order valence-corrected chi connectivity index (χ3v) is 6.08. The van der Waals surface area contributed by atoms with Crippen LogP contribution in [-0.2, 0) is 16.0 Å². The van der Waals surface area contributed by atoms with Gasteiger partial charge in [-0.2, -0.15) is 5.26 Å². The van der Waals surface area contributed by atoms with Crippen molar-refractivity contribution < 1.29 is 9.53 Å². The molecule has 1 aliphatic heterocycles. The second-order valence-electron chi connectivity index (χ2n) is 7.28. The number of thioether (sulfide) groups is 1. The molecule has 0 radical (unpaired) electrons. The van der Waals surface area contributed by atoms with E-state index in [0.29, 0.717) is 32.5 Å². The predicted octanol–water partition coefficient (Wildman–Crippen LogP) is 3.52. The summed E-state index contributed by atoms with van der Waals surface area (Å²) in [4.78, 5) is 13.8. The summed E-state index contributed by atoms with van der Waals surface area (Å²) in [7, 11) is 0. The average Bonchev–Trinajstić information content (AvgIpc) is 2.75. The lowest BCUT2D eigenvalue weighted by atomic mass is 9.90. The molecule has 6 heteroatoms. The van der Waals surface area contributed by atoms with Crippen LogP contribution >= 0.6 is 11.8 Å². The first-order chi connectivity index (χ1) is 14.0. The molecule has 0 bridgehead atoms. The number of nitrogens with one attached hydrogen (secondary N) is 1. The molecule has 0 saturated carbocycles. The molecule has 0 spiro atoms. The van der Waals surface area contributed by atoms with Crippen molar-refractivity contribution in [2.75, 3.05) is 19.0 Å². The highest BCUT2D eigenvalue weighted by Crippen LogP contribution is 2.25. The number of nitriles is 1. The molecule has 1 aliphatic rings. The van der Waals surface area contributed by atoms with E-state index in [4.69, 9.17) is 10.5 Å². The highest BCUT2D eigenvalue weighted by Gasteiger charge is 2.36. The van der Waals surface area contributed by atoms with Crippen molar-refractivity contribution in [2.24, 2.45) is 5.73 Å². The molecule has 2 aromatic rings. The zero-order valence-electron chi connectivity index (χ0n) is 16.7. The summed E-state index contributed by atoms with van der Waals surface area (Å²) < 4.78 is 5.28. The summed E-state index contributed by atoms with van der Waals surface area (Å²) in [6.07, 6.45) is 1.39.